The number of rotatable bonds is 8. The van der Waals surface area contributed by atoms with E-state index in [4.69, 9.17) is 0 Å². The number of amides is 1. The van der Waals surface area contributed by atoms with E-state index in [2.05, 4.69) is 19.5 Å². The minimum absolute atomic E-state index is 0.137. The van der Waals surface area contributed by atoms with Gasteiger partial charge in [-0.05, 0) is 17.7 Å². The van der Waals surface area contributed by atoms with E-state index in [-0.39, 0.29) is 5.56 Å². The second-order valence-corrected chi connectivity index (χ2v) is 5.40. The third kappa shape index (κ3) is 6.32. The van der Waals surface area contributed by atoms with Crippen molar-refractivity contribution < 1.29 is 42.2 Å². The monoisotopic (exact) mass is 387 g/mol. The summed E-state index contributed by atoms with van der Waals surface area (Å²) in [6, 6.07) is 1.33. The Labute approximate surface area is 153 Å². The van der Waals surface area contributed by atoms with Crippen molar-refractivity contribution in [2.75, 3.05) is 21.3 Å². The van der Waals surface area contributed by atoms with E-state index in [1.165, 1.54) is 6.07 Å². The molecule has 1 aromatic carbocycles. The SMILES string of the molecule is COC(=O)C[C@@H](C(=O)OC)[C@@H](NC(=O)Cc1ccc(F)c(F)c1)C(=O)OC. The zero-order chi connectivity index (χ0) is 20.6. The average molecular weight is 387 g/mol. The molecule has 0 heterocycles. The van der Waals surface area contributed by atoms with Gasteiger partial charge < -0.3 is 19.5 Å². The van der Waals surface area contributed by atoms with E-state index in [9.17, 15) is 28.0 Å². The van der Waals surface area contributed by atoms with Crippen LogP contribution in [0, 0.1) is 17.6 Å². The molecule has 1 N–H and O–H groups in total. The van der Waals surface area contributed by atoms with Crippen molar-refractivity contribution in [2.45, 2.75) is 18.9 Å². The zero-order valence-electron chi connectivity index (χ0n) is 14.9. The Morgan fingerprint density at radius 3 is 2.11 bits per heavy atom. The van der Waals surface area contributed by atoms with E-state index in [0.29, 0.717) is 0 Å². The molecule has 0 aliphatic carbocycles. The Hall–Kier alpha value is -3.04. The lowest BCUT2D eigenvalue weighted by atomic mass is 9.95. The van der Waals surface area contributed by atoms with Gasteiger partial charge in [0.2, 0.25) is 5.91 Å². The average Bonchev–Trinajstić information content (AvgIpc) is 2.65. The summed E-state index contributed by atoms with van der Waals surface area (Å²) in [6.07, 6.45) is -0.953. The highest BCUT2D eigenvalue weighted by atomic mass is 19.2. The molecule has 0 fully saturated rings. The highest BCUT2D eigenvalue weighted by Gasteiger charge is 2.38. The molecule has 0 saturated heterocycles. The lowest BCUT2D eigenvalue weighted by Gasteiger charge is -2.23. The van der Waals surface area contributed by atoms with Crippen LogP contribution in [0.1, 0.15) is 12.0 Å². The van der Waals surface area contributed by atoms with Gasteiger partial charge in [-0.2, -0.15) is 0 Å². The predicted molar refractivity (Wildman–Crippen MR) is 86.1 cm³/mol. The van der Waals surface area contributed by atoms with Crippen molar-refractivity contribution in [3.8, 4) is 0 Å². The first-order valence-corrected chi connectivity index (χ1v) is 7.69. The number of methoxy groups -OCH3 is 3. The van der Waals surface area contributed by atoms with Crippen LogP contribution in [0.3, 0.4) is 0 Å². The number of hydrogen-bond acceptors (Lipinski definition) is 7. The molecule has 148 valence electrons. The molecule has 0 aromatic heterocycles. The highest BCUT2D eigenvalue weighted by molar-refractivity contribution is 5.91. The Bertz CT molecular complexity index is 723. The van der Waals surface area contributed by atoms with Gasteiger partial charge in [0, 0.05) is 0 Å². The number of halogens is 2. The number of nitrogens with one attached hydrogen (secondary N) is 1. The molecule has 0 unspecified atom stereocenters. The summed E-state index contributed by atoms with van der Waals surface area (Å²) >= 11 is 0. The van der Waals surface area contributed by atoms with Crippen LogP contribution in [0.25, 0.3) is 0 Å². The first-order chi connectivity index (χ1) is 12.7. The molecule has 1 aromatic rings. The van der Waals surface area contributed by atoms with Crippen molar-refractivity contribution in [2.24, 2.45) is 5.92 Å². The Kier molecular flexibility index (Phi) is 8.31. The smallest absolute Gasteiger partial charge is 0.329 e. The fraction of sp³-hybridized carbons (Fsp3) is 0.412. The number of ether oxygens (including phenoxy) is 3. The summed E-state index contributed by atoms with van der Waals surface area (Å²) in [5, 5.41) is 2.26. The van der Waals surface area contributed by atoms with Crippen LogP contribution >= 0.6 is 0 Å². The zero-order valence-corrected chi connectivity index (χ0v) is 14.9. The summed E-state index contributed by atoms with van der Waals surface area (Å²) in [5.74, 6) is -7.14. The molecule has 0 bridgehead atoms. The van der Waals surface area contributed by atoms with Crippen LogP contribution in [0.2, 0.25) is 0 Å². The highest BCUT2D eigenvalue weighted by Crippen LogP contribution is 2.15. The van der Waals surface area contributed by atoms with E-state index < -0.39 is 60.3 Å². The number of esters is 3. The standard InChI is InChI=1S/C17H19F2NO7/c1-25-14(22)8-10(16(23)26-2)15(17(24)27-3)20-13(21)7-9-4-5-11(18)12(19)6-9/h4-6,10,15H,7-8H2,1-3H3,(H,20,21)/t10-,15-/m1/s1. The topological polar surface area (TPSA) is 108 Å². The third-order valence-electron chi connectivity index (χ3n) is 3.64. The van der Waals surface area contributed by atoms with Gasteiger partial charge in [-0.3, -0.25) is 14.4 Å². The van der Waals surface area contributed by atoms with Crippen molar-refractivity contribution in [1.82, 2.24) is 5.32 Å². The van der Waals surface area contributed by atoms with Gasteiger partial charge in [-0.1, -0.05) is 6.07 Å². The van der Waals surface area contributed by atoms with E-state index >= 15 is 0 Å². The van der Waals surface area contributed by atoms with Crippen LogP contribution in [0.4, 0.5) is 8.78 Å². The third-order valence-corrected chi connectivity index (χ3v) is 3.64. The minimum Gasteiger partial charge on any atom is -0.469 e. The minimum atomic E-state index is -1.54. The number of hydrogen-bond donors (Lipinski definition) is 1. The van der Waals surface area contributed by atoms with Crippen LogP contribution in [-0.2, 0) is 39.8 Å². The van der Waals surface area contributed by atoms with Gasteiger partial charge in [0.05, 0.1) is 40.1 Å². The second-order valence-electron chi connectivity index (χ2n) is 5.40. The molecule has 1 rings (SSSR count). The maximum Gasteiger partial charge on any atom is 0.329 e. The molecule has 0 spiro atoms. The van der Waals surface area contributed by atoms with Crippen molar-refractivity contribution in [1.29, 1.82) is 0 Å². The lowest BCUT2D eigenvalue weighted by Crippen LogP contribution is -2.50. The van der Waals surface area contributed by atoms with Gasteiger partial charge in [-0.25, -0.2) is 13.6 Å². The van der Waals surface area contributed by atoms with E-state index in [1.54, 1.807) is 0 Å². The number of benzene rings is 1. The summed E-state index contributed by atoms with van der Waals surface area (Å²) in [6.45, 7) is 0. The van der Waals surface area contributed by atoms with Gasteiger partial charge in [0.1, 0.15) is 6.04 Å². The fourth-order valence-corrected chi connectivity index (χ4v) is 2.26. The van der Waals surface area contributed by atoms with Crippen LogP contribution in [0.15, 0.2) is 18.2 Å². The first-order valence-electron chi connectivity index (χ1n) is 7.69. The lowest BCUT2D eigenvalue weighted by molar-refractivity contribution is -0.159. The summed E-state index contributed by atoms with van der Waals surface area (Å²) in [4.78, 5) is 47.7. The molecule has 27 heavy (non-hydrogen) atoms. The van der Waals surface area contributed by atoms with Crippen molar-refractivity contribution >= 4 is 23.8 Å². The maximum atomic E-state index is 13.2. The van der Waals surface area contributed by atoms with Crippen molar-refractivity contribution in [3.05, 3.63) is 35.4 Å². The normalized spacial score (nSPS) is 12.5. The molecule has 8 nitrogen and oxygen atoms in total. The quantitative estimate of drug-likeness (QED) is 0.512. The summed E-state index contributed by atoms with van der Waals surface area (Å²) < 4.78 is 39.8. The van der Waals surface area contributed by atoms with E-state index in [1.807, 2.05) is 0 Å². The van der Waals surface area contributed by atoms with Gasteiger partial charge >= 0.3 is 17.9 Å². The van der Waals surface area contributed by atoms with Crippen LogP contribution in [0.5, 0.6) is 0 Å². The first kappa shape index (κ1) is 22.0. The Balaban J connectivity index is 3.01. The second kappa shape index (κ2) is 10.2. The molecular weight excluding hydrogens is 368 g/mol. The Morgan fingerprint density at radius 2 is 1.59 bits per heavy atom. The summed E-state index contributed by atoms with van der Waals surface area (Å²) in [5.41, 5.74) is 0.137. The molecule has 10 heteroatoms. The molecule has 0 saturated carbocycles. The van der Waals surface area contributed by atoms with Crippen molar-refractivity contribution in [3.63, 3.8) is 0 Å². The molecule has 0 radical (unpaired) electrons. The fourth-order valence-electron chi connectivity index (χ4n) is 2.26. The molecular formula is C17H19F2NO7. The largest absolute Gasteiger partial charge is 0.469 e. The van der Waals surface area contributed by atoms with Gasteiger partial charge in [0.25, 0.3) is 0 Å². The molecule has 0 aliphatic rings. The molecule has 0 aliphatic heterocycles. The van der Waals surface area contributed by atoms with E-state index in [0.717, 1.165) is 33.5 Å². The molecule has 2 atom stereocenters. The summed E-state index contributed by atoms with van der Waals surface area (Å²) in [7, 11) is 3.17. The van der Waals surface area contributed by atoms with Gasteiger partial charge in [0.15, 0.2) is 11.6 Å². The molecule has 1 amide bonds. The number of carbonyl (C=O) groups excluding carboxylic acids is 4. The van der Waals surface area contributed by atoms with Crippen LogP contribution in [-0.4, -0.2) is 51.2 Å². The van der Waals surface area contributed by atoms with Crippen LogP contribution < -0.4 is 5.32 Å². The van der Waals surface area contributed by atoms with Gasteiger partial charge in [-0.15, -0.1) is 0 Å². The Morgan fingerprint density at radius 1 is 0.963 bits per heavy atom. The number of carbonyl (C=O) groups is 4. The maximum absolute atomic E-state index is 13.2. The predicted octanol–water partition coefficient (Wildman–Crippen LogP) is 0.517.